The summed E-state index contributed by atoms with van der Waals surface area (Å²) in [7, 11) is 3.89. The first kappa shape index (κ1) is 16.9. The minimum absolute atomic E-state index is 0.160. The Morgan fingerprint density at radius 2 is 1.77 bits per heavy atom. The van der Waals surface area contributed by atoms with Crippen molar-refractivity contribution >= 4 is 5.91 Å². The Balaban J connectivity index is 2.01. The zero-order valence-electron chi connectivity index (χ0n) is 13.8. The molecule has 1 aromatic rings. The van der Waals surface area contributed by atoms with Gasteiger partial charge < -0.3 is 10.0 Å². The molecule has 5 heteroatoms. The van der Waals surface area contributed by atoms with E-state index in [0.29, 0.717) is 6.54 Å². The van der Waals surface area contributed by atoms with Crippen LogP contribution in [0, 0.1) is 0 Å². The third kappa shape index (κ3) is 4.29. The molecule has 0 aliphatic carbocycles. The van der Waals surface area contributed by atoms with Gasteiger partial charge in [-0.25, -0.2) is 0 Å². The Bertz CT molecular complexity index is 468. The molecular formula is C17H27N3O2. The number of hydrogen-bond acceptors (Lipinski definition) is 4. The van der Waals surface area contributed by atoms with Gasteiger partial charge in [0.2, 0.25) is 5.91 Å². The van der Waals surface area contributed by atoms with Gasteiger partial charge in [-0.05, 0) is 26.6 Å². The Morgan fingerprint density at radius 3 is 2.27 bits per heavy atom. The third-order valence-electron chi connectivity index (χ3n) is 4.07. The number of piperazine rings is 1. The molecule has 5 nitrogen and oxygen atoms in total. The molecule has 0 aromatic heterocycles. The van der Waals surface area contributed by atoms with Crippen LogP contribution >= 0.6 is 0 Å². The van der Waals surface area contributed by atoms with Gasteiger partial charge in [0.25, 0.3) is 0 Å². The maximum absolute atomic E-state index is 12.9. The minimum atomic E-state index is -0.318. The molecule has 1 aliphatic rings. The zero-order valence-corrected chi connectivity index (χ0v) is 13.8. The second-order valence-corrected chi connectivity index (χ2v) is 6.25. The van der Waals surface area contributed by atoms with Crippen molar-refractivity contribution in [1.29, 1.82) is 0 Å². The summed E-state index contributed by atoms with van der Waals surface area (Å²) in [5.41, 5.74) is 1.03. The molecule has 22 heavy (non-hydrogen) atoms. The zero-order chi connectivity index (χ0) is 16.1. The highest BCUT2D eigenvalue weighted by molar-refractivity contribution is 5.83. The highest BCUT2D eigenvalue weighted by Crippen LogP contribution is 2.21. The van der Waals surface area contributed by atoms with Crippen molar-refractivity contribution in [1.82, 2.24) is 14.7 Å². The molecule has 1 heterocycles. The number of carbonyl (C=O) groups is 1. The van der Waals surface area contributed by atoms with Gasteiger partial charge in [-0.3, -0.25) is 14.6 Å². The maximum Gasteiger partial charge on any atom is 0.244 e. The largest absolute Gasteiger partial charge is 0.392 e. The van der Waals surface area contributed by atoms with Crippen molar-refractivity contribution in [3.05, 3.63) is 35.9 Å². The van der Waals surface area contributed by atoms with Crippen molar-refractivity contribution < 1.29 is 9.90 Å². The highest BCUT2D eigenvalue weighted by atomic mass is 16.3. The van der Waals surface area contributed by atoms with Crippen LogP contribution in [0.3, 0.4) is 0 Å². The van der Waals surface area contributed by atoms with Crippen molar-refractivity contribution in [2.45, 2.75) is 19.1 Å². The lowest BCUT2D eigenvalue weighted by molar-refractivity contribution is -0.138. The lowest BCUT2D eigenvalue weighted by Crippen LogP contribution is -2.52. The lowest BCUT2D eigenvalue weighted by Gasteiger charge is -2.38. The summed E-state index contributed by atoms with van der Waals surface area (Å²) in [5.74, 6) is 0.160. The van der Waals surface area contributed by atoms with Crippen molar-refractivity contribution in [3.63, 3.8) is 0 Å². The van der Waals surface area contributed by atoms with Gasteiger partial charge in [0.1, 0.15) is 6.04 Å². The second-order valence-electron chi connectivity index (χ2n) is 6.25. The van der Waals surface area contributed by atoms with Crippen LogP contribution in [0.2, 0.25) is 0 Å². The van der Waals surface area contributed by atoms with Gasteiger partial charge in [0.05, 0.1) is 6.10 Å². The number of aliphatic hydroxyl groups excluding tert-OH is 1. The summed E-state index contributed by atoms with van der Waals surface area (Å²) in [5, 5.41) is 9.46. The van der Waals surface area contributed by atoms with Gasteiger partial charge >= 0.3 is 0 Å². The standard InChI is InChI=1S/C17H27N3O2/c1-14(21)13-19-9-11-20(12-10-19)17(22)16(18(2)3)15-7-5-4-6-8-15/h4-8,14,16,21H,9-13H2,1-3H3/t14-,16+/m1/s1. The summed E-state index contributed by atoms with van der Waals surface area (Å²) in [4.78, 5) is 19.0. The summed E-state index contributed by atoms with van der Waals surface area (Å²) >= 11 is 0. The molecule has 0 unspecified atom stereocenters. The van der Waals surface area contributed by atoms with Crippen LogP contribution in [0.25, 0.3) is 0 Å². The lowest BCUT2D eigenvalue weighted by atomic mass is 10.0. The number of β-amino-alcohol motifs (C(OH)–C–C–N with tert-alkyl or cyclic N) is 1. The molecule has 0 bridgehead atoms. The number of likely N-dealkylation sites (N-methyl/N-ethyl adjacent to an activating group) is 1. The number of nitrogens with zero attached hydrogens (tertiary/aromatic N) is 3. The fraction of sp³-hybridized carbons (Fsp3) is 0.588. The molecule has 2 atom stereocenters. The summed E-state index contributed by atoms with van der Waals surface area (Å²) in [6.45, 7) is 5.58. The molecule has 1 N–H and O–H groups in total. The number of aliphatic hydroxyl groups is 1. The Kier molecular flexibility index (Phi) is 5.94. The smallest absolute Gasteiger partial charge is 0.244 e. The van der Waals surface area contributed by atoms with Crippen LogP contribution in [0.5, 0.6) is 0 Å². The molecule has 0 saturated carbocycles. The SMILES string of the molecule is C[C@@H](O)CN1CCN(C(=O)[C@H](c2ccccc2)N(C)C)CC1. The van der Waals surface area contributed by atoms with Crippen LogP contribution in [-0.4, -0.2) is 78.6 Å². The first-order chi connectivity index (χ1) is 10.5. The van der Waals surface area contributed by atoms with E-state index in [1.54, 1.807) is 6.92 Å². The fourth-order valence-corrected chi connectivity index (χ4v) is 2.99. The fourth-order valence-electron chi connectivity index (χ4n) is 2.99. The number of rotatable bonds is 5. The van der Waals surface area contributed by atoms with Crippen molar-refractivity contribution in [2.75, 3.05) is 46.8 Å². The molecule has 0 spiro atoms. The van der Waals surface area contributed by atoms with Crippen LogP contribution in [0.1, 0.15) is 18.5 Å². The molecular weight excluding hydrogens is 278 g/mol. The summed E-state index contributed by atoms with van der Waals surface area (Å²) in [6.07, 6.45) is -0.318. The Morgan fingerprint density at radius 1 is 1.18 bits per heavy atom. The summed E-state index contributed by atoms with van der Waals surface area (Å²) < 4.78 is 0. The molecule has 0 radical (unpaired) electrons. The maximum atomic E-state index is 12.9. The van der Waals surface area contributed by atoms with E-state index < -0.39 is 0 Å². The van der Waals surface area contributed by atoms with Crippen LogP contribution in [0.4, 0.5) is 0 Å². The highest BCUT2D eigenvalue weighted by Gasteiger charge is 2.30. The predicted molar refractivity (Wildman–Crippen MR) is 87.6 cm³/mol. The van der Waals surface area contributed by atoms with Crippen molar-refractivity contribution in [3.8, 4) is 0 Å². The normalized spacial score (nSPS) is 19.2. The molecule has 1 amide bonds. The second kappa shape index (κ2) is 7.72. The van der Waals surface area contributed by atoms with E-state index in [-0.39, 0.29) is 18.1 Å². The van der Waals surface area contributed by atoms with E-state index in [1.165, 1.54) is 0 Å². The molecule has 1 fully saturated rings. The van der Waals surface area contributed by atoms with E-state index >= 15 is 0 Å². The molecule has 1 aromatic carbocycles. The number of benzene rings is 1. The van der Waals surface area contributed by atoms with Gasteiger partial charge in [0.15, 0.2) is 0 Å². The molecule has 1 saturated heterocycles. The molecule has 1 aliphatic heterocycles. The van der Waals surface area contributed by atoms with Gasteiger partial charge in [-0.2, -0.15) is 0 Å². The van der Waals surface area contributed by atoms with E-state index in [9.17, 15) is 9.90 Å². The van der Waals surface area contributed by atoms with Gasteiger partial charge in [-0.15, -0.1) is 0 Å². The molecule has 122 valence electrons. The van der Waals surface area contributed by atoms with E-state index in [4.69, 9.17) is 0 Å². The van der Waals surface area contributed by atoms with Crippen LogP contribution in [0.15, 0.2) is 30.3 Å². The average Bonchev–Trinajstić information content (AvgIpc) is 2.48. The molecule has 2 rings (SSSR count). The minimum Gasteiger partial charge on any atom is -0.392 e. The first-order valence-electron chi connectivity index (χ1n) is 7.89. The number of amides is 1. The number of hydrogen-bond donors (Lipinski definition) is 1. The topological polar surface area (TPSA) is 47.0 Å². The van der Waals surface area contributed by atoms with Crippen LogP contribution < -0.4 is 0 Å². The van der Waals surface area contributed by atoms with E-state index in [2.05, 4.69) is 4.90 Å². The first-order valence-corrected chi connectivity index (χ1v) is 7.89. The Labute approximate surface area is 133 Å². The van der Waals surface area contributed by atoms with E-state index in [0.717, 1.165) is 31.7 Å². The average molecular weight is 305 g/mol. The van der Waals surface area contributed by atoms with Gasteiger partial charge in [-0.1, -0.05) is 30.3 Å². The van der Waals surface area contributed by atoms with E-state index in [1.807, 2.05) is 54.2 Å². The van der Waals surface area contributed by atoms with Crippen LogP contribution in [-0.2, 0) is 4.79 Å². The Hall–Kier alpha value is -1.43. The van der Waals surface area contributed by atoms with Gasteiger partial charge in [0, 0.05) is 32.7 Å². The quantitative estimate of drug-likeness (QED) is 0.875. The number of carbonyl (C=O) groups excluding carboxylic acids is 1. The third-order valence-corrected chi connectivity index (χ3v) is 4.07. The monoisotopic (exact) mass is 305 g/mol. The summed E-state index contributed by atoms with van der Waals surface area (Å²) in [6, 6.07) is 9.69. The van der Waals surface area contributed by atoms with Crippen molar-refractivity contribution in [2.24, 2.45) is 0 Å². The predicted octanol–water partition coefficient (Wildman–Crippen LogP) is 0.814.